The van der Waals surface area contributed by atoms with E-state index in [0.29, 0.717) is 5.92 Å². The number of nitrogens with zero attached hydrogens (tertiary/aromatic N) is 1. The minimum Gasteiger partial charge on any atom is -0.506 e. The quantitative estimate of drug-likeness (QED) is 0.443. The molecule has 1 aliphatic heterocycles. The van der Waals surface area contributed by atoms with Crippen LogP contribution in [0.3, 0.4) is 0 Å². The molecule has 0 aromatic heterocycles. The highest BCUT2D eigenvalue weighted by Crippen LogP contribution is 2.28. The highest BCUT2D eigenvalue weighted by molar-refractivity contribution is 5.96. The molecule has 1 aliphatic rings. The summed E-state index contributed by atoms with van der Waals surface area (Å²) in [6.07, 6.45) is 1.77. The van der Waals surface area contributed by atoms with E-state index in [-0.39, 0.29) is 29.1 Å². The van der Waals surface area contributed by atoms with Gasteiger partial charge in [0, 0.05) is 6.07 Å². The molecular weight excluding hydrogens is 262 g/mol. The fourth-order valence-electron chi connectivity index (χ4n) is 2.27. The van der Waals surface area contributed by atoms with Crippen LogP contribution in [0.2, 0.25) is 0 Å². The highest BCUT2D eigenvalue weighted by Gasteiger charge is 2.25. The van der Waals surface area contributed by atoms with E-state index < -0.39 is 4.92 Å². The van der Waals surface area contributed by atoms with Crippen molar-refractivity contribution in [3.05, 3.63) is 28.3 Å². The van der Waals surface area contributed by atoms with E-state index in [1.54, 1.807) is 0 Å². The number of rotatable bonds is 3. The number of amides is 1. The molecule has 1 fully saturated rings. The first kappa shape index (κ1) is 14.3. The molecule has 20 heavy (non-hydrogen) atoms. The minimum absolute atomic E-state index is 0.181. The Labute approximate surface area is 116 Å². The van der Waals surface area contributed by atoms with Gasteiger partial charge in [-0.15, -0.1) is 0 Å². The van der Waals surface area contributed by atoms with Crippen LogP contribution in [0, 0.1) is 16.0 Å². The van der Waals surface area contributed by atoms with Gasteiger partial charge in [-0.25, -0.2) is 0 Å². The van der Waals surface area contributed by atoms with Crippen molar-refractivity contribution >= 4 is 17.3 Å². The van der Waals surface area contributed by atoms with Gasteiger partial charge in [0.25, 0.3) is 5.69 Å². The van der Waals surface area contributed by atoms with E-state index in [4.69, 9.17) is 0 Å². The van der Waals surface area contributed by atoms with Crippen molar-refractivity contribution in [2.45, 2.75) is 25.8 Å². The third kappa shape index (κ3) is 3.24. The lowest BCUT2D eigenvalue weighted by atomic mass is 9.94. The number of anilines is 1. The van der Waals surface area contributed by atoms with Crippen LogP contribution in [0.1, 0.15) is 19.8 Å². The predicted octanol–water partition coefficient (Wildman–Crippen LogP) is 1.63. The fourth-order valence-corrected chi connectivity index (χ4v) is 2.27. The third-order valence-electron chi connectivity index (χ3n) is 3.43. The molecule has 7 nitrogen and oxygen atoms in total. The number of aromatic hydroxyl groups is 1. The van der Waals surface area contributed by atoms with Gasteiger partial charge in [0.15, 0.2) is 0 Å². The summed E-state index contributed by atoms with van der Waals surface area (Å²) in [5, 5.41) is 26.0. The summed E-state index contributed by atoms with van der Waals surface area (Å²) < 4.78 is 0. The molecule has 0 spiro atoms. The first-order valence-corrected chi connectivity index (χ1v) is 6.49. The van der Waals surface area contributed by atoms with Crippen molar-refractivity contribution in [3.63, 3.8) is 0 Å². The van der Waals surface area contributed by atoms with Crippen molar-refractivity contribution in [3.8, 4) is 5.75 Å². The third-order valence-corrected chi connectivity index (χ3v) is 3.43. The highest BCUT2D eigenvalue weighted by atomic mass is 16.6. The number of nitrogens with one attached hydrogen (secondary N) is 2. The van der Waals surface area contributed by atoms with Crippen LogP contribution in [-0.4, -0.2) is 28.5 Å². The molecule has 1 saturated heterocycles. The van der Waals surface area contributed by atoms with Crippen molar-refractivity contribution < 1.29 is 14.8 Å². The minimum atomic E-state index is -0.601. The molecule has 0 bridgehead atoms. The molecule has 0 saturated carbocycles. The molecule has 1 amide bonds. The summed E-state index contributed by atoms with van der Waals surface area (Å²) in [5.41, 5.74) is -0.0365. The molecule has 1 heterocycles. The van der Waals surface area contributed by atoms with Crippen molar-refractivity contribution in [1.82, 2.24) is 5.32 Å². The Morgan fingerprint density at radius 2 is 2.30 bits per heavy atom. The largest absolute Gasteiger partial charge is 0.506 e. The Kier molecular flexibility index (Phi) is 4.19. The standard InChI is InChI=1S/C13H17N3O4/c1-8-4-5-14-11(6-8)13(18)15-10-3-2-9(16(19)20)7-12(10)17/h2-3,7-8,11,14,17H,4-6H2,1H3,(H,15,18). The molecular formula is C13H17N3O4. The van der Waals surface area contributed by atoms with Crippen molar-refractivity contribution in [2.75, 3.05) is 11.9 Å². The number of hydrogen-bond acceptors (Lipinski definition) is 5. The maximum atomic E-state index is 12.1. The Morgan fingerprint density at radius 3 is 2.90 bits per heavy atom. The Hall–Kier alpha value is -2.15. The lowest BCUT2D eigenvalue weighted by molar-refractivity contribution is -0.384. The molecule has 1 aromatic rings. The number of piperidine rings is 1. The average Bonchev–Trinajstić information content (AvgIpc) is 2.40. The Bertz CT molecular complexity index is 532. The van der Waals surface area contributed by atoms with E-state index >= 15 is 0 Å². The zero-order valence-corrected chi connectivity index (χ0v) is 11.1. The maximum Gasteiger partial charge on any atom is 0.273 e. The number of non-ortho nitro benzene ring substituents is 1. The van der Waals surface area contributed by atoms with Crippen LogP contribution in [0.4, 0.5) is 11.4 Å². The van der Waals surface area contributed by atoms with Gasteiger partial charge >= 0.3 is 0 Å². The first-order chi connectivity index (χ1) is 9.47. The molecule has 7 heteroatoms. The normalized spacial score (nSPS) is 22.2. The maximum absolute atomic E-state index is 12.1. The molecule has 0 radical (unpaired) electrons. The smallest absolute Gasteiger partial charge is 0.273 e. The molecule has 3 N–H and O–H groups in total. The lowest BCUT2D eigenvalue weighted by Crippen LogP contribution is -2.45. The number of carbonyl (C=O) groups excluding carboxylic acids is 1. The number of benzene rings is 1. The Morgan fingerprint density at radius 1 is 1.55 bits per heavy atom. The van der Waals surface area contributed by atoms with Crippen LogP contribution in [0.15, 0.2) is 18.2 Å². The van der Waals surface area contributed by atoms with E-state index in [1.807, 2.05) is 0 Å². The van der Waals surface area contributed by atoms with Gasteiger partial charge in [-0.3, -0.25) is 14.9 Å². The lowest BCUT2D eigenvalue weighted by Gasteiger charge is -2.27. The second-order valence-electron chi connectivity index (χ2n) is 5.08. The predicted molar refractivity (Wildman–Crippen MR) is 73.6 cm³/mol. The second-order valence-corrected chi connectivity index (χ2v) is 5.08. The zero-order chi connectivity index (χ0) is 14.7. The molecule has 0 aliphatic carbocycles. The van der Waals surface area contributed by atoms with Crippen LogP contribution >= 0.6 is 0 Å². The molecule has 108 valence electrons. The summed E-state index contributed by atoms with van der Waals surface area (Å²) in [7, 11) is 0. The summed E-state index contributed by atoms with van der Waals surface area (Å²) in [6, 6.07) is 3.30. The van der Waals surface area contributed by atoms with Gasteiger partial charge in [0.05, 0.1) is 22.7 Å². The summed E-state index contributed by atoms with van der Waals surface area (Å²) >= 11 is 0. The van der Waals surface area contributed by atoms with E-state index in [0.717, 1.165) is 25.5 Å². The van der Waals surface area contributed by atoms with Gasteiger partial charge in [0.2, 0.25) is 5.91 Å². The molecule has 1 aromatic carbocycles. The van der Waals surface area contributed by atoms with E-state index in [1.165, 1.54) is 12.1 Å². The number of nitro groups is 1. The summed E-state index contributed by atoms with van der Waals surface area (Å²) in [5.74, 6) is -0.0745. The van der Waals surface area contributed by atoms with E-state index in [9.17, 15) is 20.0 Å². The van der Waals surface area contributed by atoms with Gasteiger partial charge in [-0.05, 0) is 31.4 Å². The van der Waals surface area contributed by atoms with Crippen LogP contribution in [-0.2, 0) is 4.79 Å². The first-order valence-electron chi connectivity index (χ1n) is 6.49. The Balaban J connectivity index is 2.06. The molecule has 2 rings (SSSR count). The second kappa shape index (κ2) is 5.87. The summed E-state index contributed by atoms with van der Waals surface area (Å²) in [4.78, 5) is 22.0. The van der Waals surface area contributed by atoms with Crippen LogP contribution < -0.4 is 10.6 Å². The van der Waals surface area contributed by atoms with Crippen molar-refractivity contribution in [1.29, 1.82) is 0 Å². The van der Waals surface area contributed by atoms with Crippen molar-refractivity contribution in [2.24, 2.45) is 5.92 Å². The molecule has 2 unspecified atom stereocenters. The van der Waals surface area contributed by atoms with Gasteiger partial charge < -0.3 is 15.7 Å². The average molecular weight is 279 g/mol. The number of phenolic OH excluding ortho intramolecular Hbond substituents is 1. The SMILES string of the molecule is CC1CCNC(C(=O)Nc2ccc([N+](=O)[O-])cc2O)C1. The van der Waals surface area contributed by atoms with Gasteiger partial charge in [-0.1, -0.05) is 6.92 Å². The summed E-state index contributed by atoms with van der Waals surface area (Å²) in [6.45, 7) is 2.87. The van der Waals surface area contributed by atoms with Crippen LogP contribution in [0.25, 0.3) is 0 Å². The number of hydrogen-bond donors (Lipinski definition) is 3. The van der Waals surface area contributed by atoms with E-state index in [2.05, 4.69) is 17.6 Å². The number of nitro benzene ring substituents is 1. The fraction of sp³-hybridized carbons (Fsp3) is 0.462. The monoisotopic (exact) mass is 279 g/mol. The number of phenols is 1. The molecule has 2 atom stereocenters. The van der Waals surface area contributed by atoms with Gasteiger partial charge in [-0.2, -0.15) is 0 Å². The topological polar surface area (TPSA) is 104 Å². The number of carbonyl (C=O) groups is 1. The van der Waals surface area contributed by atoms with Crippen LogP contribution in [0.5, 0.6) is 5.75 Å². The van der Waals surface area contributed by atoms with Gasteiger partial charge in [0.1, 0.15) is 5.75 Å². The zero-order valence-electron chi connectivity index (χ0n) is 11.1.